The maximum Gasteiger partial charge on any atom is 0.270 e. The average molecular weight is 530 g/mol. The van der Waals surface area contributed by atoms with Crippen molar-refractivity contribution < 1.29 is 4.92 Å². The van der Waals surface area contributed by atoms with Gasteiger partial charge in [0.25, 0.3) is 5.69 Å². The zero-order chi connectivity index (χ0) is 21.8. The van der Waals surface area contributed by atoms with Gasteiger partial charge in [0.15, 0.2) is 0 Å². The van der Waals surface area contributed by atoms with Crippen LogP contribution in [0.25, 0.3) is 11.3 Å². The summed E-state index contributed by atoms with van der Waals surface area (Å²) in [5.74, 6) is 0. The Hall–Kier alpha value is -3.07. The van der Waals surface area contributed by atoms with Crippen molar-refractivity contribution in [2.24, 2.45) is 5.10 Å². The third-order valence-electron chi connectivity index (χ3n) is 4.54. The van der Waals surface area contributed by atoms with Crippen LogP contribution in [0, 0.1) is 10.1 Å². The van der Waals surface area contributed by atoms with Gasteiger partial charge in [-0.2, -0.15) is 5.10 Å². The fourth-order valence-corrected chi connectivity index (χ4v) is 3.88. The van der Waals surface area contributed by atoms with Crippen molar-refractivity contribution >= 4 is 62.1 Å². The summed E-state index contributed by atoms with van der Waals surface area (Å²) in [5, 5.41) is 20.9. The van der Waals surface area contributed by atoms with Crippen molar-refractivity contribution in [1.82, 2.24) is 4.98 Å². The number of hydrogen-bond acceptors (Lipinski definition) is 6. The van der Waals surface area contributed by atoms with Gasteiger partial charge in [0.2, 0.25) is 5.13 Å². The number of thiazole rings is 1. The van der Waals surface area contributed by atoms with E-state index in [0.29, 0.717) is 21.4 Å². The Labute approximate surface area is 204 Å². The molecule has 0 N–H and O–H groups in total. The highest BCUT2D eigenvalue weighted by Crippen LogP contribution is 2.33. The lowest BCUT2D eigenvalue weighted by Crippen LogP contribution is -2.12. The number of para-hydroxylation sites is 1. The predicted molar refractivity (Wildman–Crippen MR) is 137 cm³/mol. The lowest BCUT2D eigenvalue weighted by Gasteiger charge is -2.17. The molecule has 1 aromatic heterocycles. The molecule has 0 aliphatic rings. The largest absolute Gasteiger partial charge is 0.270 e. The zero-order valence-corrected chi connectivity index (χ0v) is 20.2. The molecule has 1 heterocycles. The lowest BCUT2D eigenvalue weighted by atomic mass is 10.1. The number of anilines is 2. The third-order valence-corrected chi connectivity index (χ3v) is 5.61. The van der Waals surface area contributed by atoms with Gasteiger partial charge >= 0.3 is 0 Å². The molecular formula is C23H18BrClN4O2S. The number of nitrogens with zero attached hydrogens (tertiary/aromatic N) is 4. The van der Waals surface area contributed by atoms with Gasteiger partial charge in [-0.25, -0.2) is 9.99 Å². The van der Waals surface area contributed by atoms with Crippen LogP contribution in [0.4, 0.5) is 16.5 Å². The van der Waals surface area contributed by atoms with E-state index in [-0.39, 0.29) is 22.7 Å². The number of nitro groups is 1. The molecule has 9 heteroatoms. The Morgan fingerprint density at radius 1 is 1.06 bits per heavy atom. The molecule has 162 valence electrons. The Morgan fingerprint density at radius 2 is 1.78 bits per heavy atom. The molecule has 0 spiro atoms. The molecule has 0 saturated carbocycles. The van der Waals surface area contributed by atoms with Crippen LogP contribution in [0.1, 0.15) is 12.5 Å². The molecular weight excluding hydrogens is 512 g/mol. The molecule has 0 fully saturated rings. The monoisotopic (exact) mass is 528 g/mol. The number of rotatable bonds is 6. The Kier molecular flexibility index (Phi) is 7.74. The fraction of sp³-hybridized carbons (Fsp3) is 0.0435. The van der Waals surface area contributed by atoms with Gasteiger partial charge in [-0.3, -0.25) is 10.1 Å². The topological polar surface area (TPSA) is 71.6 Å². The van der Waals surface area contributed by atoms with Crippen molar-refractivity contribution in [2.45, 2.75) is 6.92 Å². The molecule has 0 aliphatic heterocycles. The van der Waals surface area contributed by atoms with Crippen LogP contribution in [0.2, 0.25) is 5.02 Å². The van der Waals surface area contributed by atoms with E-state index in [9.17, 15) is 10.1 Å². The summed E-state index contributed by atoms with van der Waals surface area (Å²) in [7, 11) is 0. The van der Waals surface area contributed by atoms with Crippen LogP contribution in [0.5, 0.6) is 0 Å². The predicted octanol–water partition coefficient (Wildman–Crippen LogP) is 7.51. The second-order valence-electron chi connectivity index (χ2n) is 6.66. The van der Waals surface area contributed by atoms with Crippen molar-refractivity contribution in [3.8, 4) is 11.3 Å². The lowest BCUT2D eigenvalue weighted by molar-refractivity contribution is -0.384. The summed E-state index contributed by atoms with van der Waals surface area (Å²) in [6, 6.07) is 23.6. The third kappa shape index (κ3) is 5.40. The first-order chi connectivity index (χ1) is 15.0. The van der Waals surface area contributed by atoms with Gasteiger partial charge < -0.3 is 0 Å². The second-order valence-corrected chi connectivity index (χ2v) is 7.94. The van der Waals surface area contributed by atoms with Crippen molar-refractivity contribution in [1.29, 1.82) is 0 Å². The number of non-ortho nitro benzene ring substituents is 1. The minimum absolute atomic E-state index is 0. The SMILES string of the molecule is Br.C/C(=N\N(c1ccccc1)c1nc(-c2cccc([N+](=O)[O-])c2)cs1)c1ccc(Cl)cc1. The van der Waals surface area contributed by atoms with Crippen LogP contribution in [0.3, 0.4) is 0 Å². The normalized spacial score (nSPS) is 11.0. The van der Waals surface area contributed by atoms with Crippen LogP contribution in [0.15, 0.2) is 89.3 Å². The zero-order valence-electron chi connectivity index (χ0n) is 16.9. The summed E-state index contributed by atoms with van der Waals surface area (Å²) in [5.41, 5.74) is 3.97. The fourth-order valence-electron chi connectivity index (χ4n) is 2.95. The van der Waals surface area contributed by atoms with E-state index in [4.69, 9.17) is 21.7 Å². The van der Waals surface area contributed by atoms with E-state index in [0.717, 1.165) is 17.0 Å². The van der Waals surface area contributed by atoms with Crippen LogP contribution in [-0.4, -0.2) is 15.6 Å². The molecule has 0 aliphatic carbocycles. The minimum atomic E-state index is -0.410. The number of aromatic nitrogens is 1. The summed E-state index contributed by atoms with van der Waals surface area (Å²) >= 11 is 7.42. The number of nitro benzene ring substituents is 1. The van der Waals surface area contributed by atoms with E-state index in [1.165, 1.54) is 23.5 Å². The molecule has 6 nitrogen and oxygen atoms in total. The smallest absolute Gasteiger partial charge is 0.258 e. The first-order valence-electron chi connectivity index (χ1n) is 9.38. The van der Waals surface area contributed by atoms with Crippen LogP contribution < -0.4 is 5.01 Å². The standard InChI is InChI=1S/C23H17ClN4O2S.BrH/c1-16(17-10-12-19(24)13-11-17)26-27(20-7-3-2-4-8-20)23-25-22(15-31-23)18-6-5-9-21(14-18)28(29)30;/h2-15H,1H3;1H/b26-16+;. The van der Waals surface area contributed by atoms with E-state index < -0.39 is 4.92 Å². The van der Waals surface area contributed by atoms with E-state index in [1.54, 1.807) is 17.1 Å². The van der Waals surface area contributed by atoms with E-state index in [2.05, 4.69) is 0 Å². The average Bonchev–Trinajstić information content (AvgIpc) is 3.28. The van der Waals surface area contributed by atoms with Gasteiger partial charge in [-0.15, -0.1) is 28.3 Å². The molecule has 4 aromatic rings. The molecule has 32 heavy (non-hydrogen) atoms. The molecule has 0 unspecified atom stereocenters. The van der Waals surface area contributed by atoms with Crippen LogP contribution in [-0.2, 0) is 0 Å². The summed E-state index contributed by atoms with van der Waals surface area (Å²) in [6.07, 6.45) is 0. The van der Waals surface area contributed by atoms with Gasteiger partial charge in [-0.05, 0) is 36.8 Å². The highest BCUT2D eigenvalue weighted by atomic mass is 79.9. The second kappa shape index (κ2) is 10.5. The first kappa shape index (κ1) is 23.6. The van der Waals surface area contributed by atoms with Crippen molar-refractivity contribution in [3.05, 3.63) is 105 Å². The van der Waals surface area contributed by atoms with E-state index >= 15 is 0 Å². The maximum absolute atomic E-state index is 11.1. The highest BCUT2D eigenvalue weighted by Gasteiger charge is 2.16. The molecule has 0 amide bonds. The Bertz CT molecular complexity index is 1250. The first-order valence-corrected chi connectivity index (χ1v) is 10.6. The minimum Gasteiger partial charge on any atom is -0.258 e. The highest BCUT2D eigenvalue weighted by molar-refractivity contribution is 8.93. The number of hydrazone groups is 1. The quantitative estimate of drug-likeness (QED) is 0.147. The Balaban J connectivity index is 0.00000289. The van der Waals surface area contributed by atoms with Gasteiger partial charge in [0.05, 0.1) is 22.0 Å². The molecule has 3 aromatic carbocycles. The summed E-state index contributed by atoms with van der Waals surface area (Å²) < 4.78 is 0. The van der Waals surface area contributed by atoms with Crippen molar-refractivity contribution in [2.75, 3.05) is 5.01 Å². The Morgan fingerprint density at radius 3 is 2.47 bits per heavy atom. The molecule has 0 saturated heterocycles. The van der Waals surface area contributed by atoms with Gasteiger partial charge in [-0.1, -0.05) is 54.1 Å². The summed E-state index contributed by atoms with van der Waals surface area (Å²) in [6.45, 7) is 1.92. The molecule has 4 rings (SSSR count). The summed E-state index contributed by atoms with van der Waals surface area (Å²) in [4.78, 5) is 15.4. The van der Waals surface area contributed by atoms with Gasteiger partial charge in [0.1, 0.15) is 0 Å². The van der Waals surface area contributed by atoms with Crippen molar-refractivity contribution in [3.63, 3.8) is 0 Å². The molecule has 0 bridgehead atoms. The molecule has 0 radical (unpaired) electrons. The van der Waals surface area contributed by atoms with Gasteiger partial charge in [0, 0.05) is 28.1 Å². The molecule has 0 atom stereocenters. The van der Waals surface area contributed by atoms with Crippen LogP contribution >= 0.6 is 39.9 Å². The van der Waals surface area contributed by atoms with E-state index in [1.807, 2.05) is 66.9 Å². The number of halogens is 2. The number of hydrogen-bond donors (Lipinski definition) is 0. The maximum atomic E-state index is 11.1. The number of benzene rings is 3.